The number of rotatable bonds is 5. The molecule has 2 aliphatic rings. The van der Waals surface area contributed by atoms with Gasteiger partial charge < -0.3 is 15.1 Å². The highest BCUT2D eigenvalue weighted by Gasteiger charge is 2.27. The molecule has 0 aromatic heterocycles. The zero-order chi connectivity index (χ0) is 12.1. The Morgan fingerprint density at radius 1 is 1.18 bits per heavy atom. The summed E-state index contributed by atoms with van der Waals surface area (Å²) in [6.07, 6.45) is 4.80. The number of piperidine rings is 1. The first-order valence-electron chi connectivity index (χ1n) is 7.06. The van der Waals surface area contributed by atoms with Crippen molar-refractivity contribution < 1.29 is 4.79 Å². The predicted octanol–water partition coefficient (Wildman–Crippen LogP) is 0.683. The first-order valence-corrected chi connectivity index (χ1v) is 7.06. The van der Waals surface area contributed by atoms with Gasteiger partial charge in [0.2, 0.25) is 5.91 Å². The maximum absolute atomic E-state index is 12.2. The molecule has 2 fully saturated rings. The van der Waals surface area contributed by atoms with E-state index in [0.717, 1.165) is 39.0 Å². The van der Waals surface area contributed by atoms with Crippen molar-refractivity contribution in [1.29, 1.82) is 0 Å². The molecule has 17 heavy (non-hydrogen) atoms. The minimum Gasteiger partial charge on any atom is -0.340 e. The van der Waals surface area contributed by atoms with Crippen LogP contribution in [0.5, 0.6) is 0 Å². The Balaban J connectivity index is 1.76. The van der Waals surface area contributed by atoms with Crippen molar-refractivity contribution in [2.75, 3.05) is 39.3 Å². The average molecular weight is 239 g/mol. The Kier molecular flexibility index (Phi) is 4.80. The molecule has 1 N–H and O–H groups in total. The molecule has 98 valence electrons. The molecule has 0 radical (unpaired) electrons. The molecule has 1 unspecified atom stereocenters. The normalized spacial score (nSPS) is 26.8. The molecule has 0 spiro atoms. The summed E-state index contributed by atoms with van der Waals surface area (Å²) in [5, 5.41) is 3.29. The zero-order valence-corrected chi connectivity index (χ0v) is 11.0. The largest absolute Gasteiger partial charge is 0.340 e. The van der Waals surface area contributed by atoms with Crippen molar-refractivity contribution in [3.63, 3.8) is 0 Å². The third kappa shape index (κ3) is 3.42. The van der Waals surface area contributed by atoms with Gasteiger partial charge in [-0.05, 0) is 45.3 Å². The first kappa shape index (κ1) is 12.8. The summed E-state index contributed by atoms with van der Waals surface area (Å²) < 4.78 is 0. The van der Waals surface area contributed by atoms with E-state index in [9.17, 15) is 4.79 Å². The lowest BCUT2D eigenvalue weighted by Gasteiger charge is -2.33. The first-order chi connectivity index (χ1) is 8.31. The van der Waals surface area contributed by atoms with Crippen LogP contribution in [0.3, 0.4) is 0 Å². The maximum atomic E-state index is 12.2. The Morgan fingerprint density at radius 2 is 1.94 bits per heavy atom. The lowest BCUT2D eigenvalue weighted by Crippen LogP contribution is -2.52. The summed E-state index contributed by atoms with van der Waals surface area (Å²) in [5.74, 6) is 0.317. The van der Waals surface area contributed by atoms with E-state index in [-0.39, 0.29) is 6.04 Å². The van der Waals surface area contributed by atoms with Crippen LogP contribution < -0.4 is 5.32 Å². The molecule has 2 aliphatic heterocycles. The maximum Gasteiger partial charge on any atom is 0.239 e. The second-order valence-electron chi connectivity index (χ2n) is 5.13. The smallest absolute Gasteiger partial charge is 0.239 e. The monoisotopic (exact) mass is 239 g/mol. The Morgan fingerprint density at radius 3 is 2.65 bits per heavy atom. The average Bonchev–Trinajstić information content (AvgIpc) is 2.83. The zero-order valence-electron chi connectivity index (χ0n) is 11.0. The molecule has 1 atom stereocenters. The number of carbonyl (C=O) groups is 1. The Hall–Kier alpha value is -0.610. The molecular formula is C13H25N3O. The lowest BCUT2D eigenvalue weighted by atomic mass is 10.0. The van der Waals surface area contributed by atoms with Crippen LogP contribution in [0.1, 0.15) is 32.6 Å². The Bertz CT molecular complexity index is 249. The van der Waals surface area contributed by atoms with Crippen molar-refractivity contribution in [2.24, 2.45) is 0 Å². The van der Waals surface area contributed by atoms with Gasteiger partial charge in [0.05, 0.1) is 6.04 Å². The van der Waals surface area contributed by atoms with Gasteiger partial charge in [-0.1, -0.05) is 6.92 Å². The van der Waals surface area contributed by atoms with E-state index in [2.05, 4.69) is 22.0 Å². The van der Waals surface area contributed by atoms with Gasteiger partial charge in [-0.15, -0.1) is 0 Å². The van der Waals surface area contributed by atoms with E-state index in [1.165, 1.54) is 25.9 Å². The molecule has 2 saturated heterocycles. The van der Waals surface area contributed by atoms with Crippen LogP contribution in [-0.4, -0.2) is 61.0 Å². The molecule has 2 heterocycles. The number of hydrogen-bond donors (Lipinski definition) is 1. The molecular weight excluding hydrogens is 214 g/mol. The molecule has 0 bridgehead atoms. The lowest BCUT2D eigenvalue weighted by molar-refractivity contribution is -0.136. The second kappa shape index (κ2) is 6.36. The summed E-state index contributed by atoms with van der Waals surface area (Å²) >= 11 is 0. The number of hydrogen-bond acceptors (Lipinski definition) is 3. The fraction of sp³-hybridized carbons (Fsp3) is 0.923. The van der Waals surface area contributed by atoms with E-state index in [1.54, 1.807) is 0 Å². The predicted molar refractivity (Wildman–Crippen MR) is 69.0 cm³/mol. The molecule has 0 saturated carbocycles. The number of nitrogens with one attached hydrogen (secondary N) is 1. The Labute approximate surface area is 104 Å². The van der Waals surface area contributed by atoms with Crippen molar-refractivity contribution in [3.8, 4) is 0 Å². The summed E-state index contributed by atoms with van der Waals surface area (Å²) in [6, 6.07) is 0.0762. The number of amides is 1. The standard InChI is InChI=1S/C13H25N3O/c1-2-14-12-6-5-9-16(13(12)17)11-10-15-7-3-4-8-15/h12,14H,2-11H2,1H3. The highest BCUT2D eigenvalue weighted by atomic mass is 16.2. The second-order valence-corrected chi connectivity index (χ2v) is 5.13. The van der Waals surface area contributed by atoms with Crippen LogP contribution in [0.15, 0.2) is 0 Å². The SMILES string of the molecule is CCNC1CCCN(CCN2CCCC2)C1=O. The van der Waals surface area contributed by atoms with Crippen LogP contribution in [0, 0.1) is 0 Å². The fourth-order valence-electron chi connectivity index (χ4n) is 2.87. The summed E-state index contributed by atoms with van der Waals surface area (Å²) in [6.45, 7) is 8.32. The van der Waals surface area contributed by atoms with Gasteiger partial charge in [0.1, 0.15) is 0 Å². The van der Waals surface area contributed by atoms with Crippen molar-refractivity contribution in [3.05, 3.63) is 0 Å². The fourth-order valence-corrected chi connectivity index (χ4v) is 2.87. The van der Waals surface area contributed by atoms with E-state index < -0.39 is 0 Å². The van der Waals surface area contributed by atoms with Crippen LogP contribution in [-0.2, 0) is 4.79 Å². The number of likely N-dealkylation sites (N-methyl/N-ethyl adjacent to an activating group) is 1. The minimum absolute atomic E-state index is 0.0762. The van der Waals surface area contributed by atoms with Gasteiger partial charge in [-0.25, -0.2) is 0 Å². The van der Waals surface area contributed by atoms with Gasteiger partial charge in [0.25, 0.3) is 0 Å². The topological polar surface area (TPSA) is 35.6 Å². The highest BCUT2D eigenvalue weighted by Crippen LogP contribution is 2.13. The van der Waals surface area contributed by atoms with Gasteiger partial charge in [0, 0.05) is 19.6 Å². The molecule has 4 heteroatoms. The molecule has 0 aliphatic carbocycles. The molecule has 2 rings (SSSR count). The van der Waals surface area contributed by atoms with Gasteiger partial charge in [0.15, 0.2) is 0 Å². The number of carbonyl (C=O) groups excluding carboxylic acids is 1. The van der Waals surface area contributed by atoms with E-state index in [0.29, 0.717) is 5.91 Å². The molecule has 0 aromatic carbocycles. The number of nitrogens with zero attached hydrogens (tertiary/aromatic N) is 2. The van der Waals surface area contributed by atoms with Gasteiger partial charge in [-0.2, -0.15) is 0 Å². The molecule has 0 aromatic rings. The van der Waals surface area contributed by atoms with Crippen molar-refractivity contribution in [2.45, 2.75) is 38.6 Å². The van der Waals surface area contributed by atoms with E-state index >= 15 is 0 Å². The van der Waals surface area contributed by atoms with Crippen LogP contribution in [0.4, 0.5) is 0 Å². The molecule has 1 amide bonds. The van der Waals surface area contributed by atoms with Crippen LogP contribution in [0.2, 0.25) is 0 Å². The molecule has 4 nitrogen and oxygen atoms in total. The number of likely N-dealkylation sites (tertiary alicyclic amines) is 2. The van der Waals surface area contributed by atoms with Gasteiger partial charge >= 0.3 is 0 Å². The van der Waals surface area contributed by atoms with Gasteiger partial charge in [-0.3, -0.25) is 4.79 Å². The summed E-state index contributed by atoms with van der Waals surface area (Å²) in [7, 11) is 0. The third-order valence-electron chi connectivity index (χ3n) is 3.87. The summed E-state index contributed by atoms with van der Waals surface area (Å²) in [4.78, 5) is 16.7. The highest BCUT2D eigenvalue weighted by molar-refractivity contribution is 5.82. The third-order valence-corrected chi connectivity index (χ3v) is 3.87. The quantitative estimate of drug-likeness (QED) is 0.766. The van der Waals surface area contributed by atoms with Crippen LogP contribution in [0.25, 0.3) is 0 Å². The van der Waals surface area contributed by atoms with Crippen LogP contribution >= 0.6 is 0 Å². The van der Waals surface area contributed by atoms with E-state index in [1.807, 2.05) is 0 Å². The minimum atomic E-state index is 0.0762. The summed E-state index contributed by atoms with van der Waals surface area (Å²) in [5.41, 5.74) is 0. The van der Waals surface area contributed by atoms with E-state index in [4.69, 9.17) is 0 Å². The van der Waals surface area contributed by atoms with Crippen molar-refractivity contribution >= 4 is 5.91 Å². The van der Waals surface area contributed by atoms with Crippen molar-refractivity contribution in [1.82, 2.24) is 15.1 Å².